The lowest BCUT2D eigenvalue weighted by Crippen LogP contribution is -2.21. The van der Waals surface area contributed by atoms with Gasteiger partial charge in [-0.1, -0.05) is 6.92 Å². The maximum Gasteiger partial charge on any atom is 0.169 e. The Labute approximate surface area is 121 Å². The molecule has 0 aliphatic carbocycles. The molecule has 4 heteroatoms. The van der Waals surface area contributed by atoms with Crippen LogP contribution in [0.4, 0.5) is 0 Å². The Morgan fingerprint density at radius 2 is 2.17 bits per heavy atom. The first-order chi connectivity index (χ1) is 8.61. The molecule has 2 aromatic heterocycles. The molecule has 0 radical (unpaired) electrons. The summed E-state index contributed by atoms with van der Waals surface area (Å²) < 4.78 is 6.49. The van der Waals surface area contributed by atoms with Gasteiger partial charge in [0.2, 0.25) is 0 Å². The minimum atomic E-state index is 0.161. The van der Waals surface area contributed by atoms with Crippen molar-refractivity contribution in [1.29, 1.82) is 0 Å². The highest BCUT2D eigenvalue weighted by Gasteiger charge is 2.19. The van der Waals surface area contributed by atoms with Crippen LogP contribution in [0.2, 0.25) is 0 Å². The van der Waals surface area contributed by atoms with Gasteiger partial charge in [0.05, 0.1) is 0 Å². The minimum Gasteiger partial charge on any atom is -0.452 e. The van der Waals surface area contributed by atoms with Crippen LogP contribution in [0.25, 0.3) is 0 Å². The zero-order valence-corrected chi connectivity index (χ0v) is 13.3. The van der Waals surface area contributed by atoms with E-state index in [9.17, 15) is 0 Å². The van der Waals surface area contributed by atoms with Crippen LogP contribution in [0.5, 0.6) is 0 Å². The van der Waals surface area contributed by atoms with Gasteiger partial charge in [-0.25, -0.2) is 0 Å². The van der Waals surface area contributed by atoms with Crippen molar-refractivity contribution in [2.45, 2.75) is 33.2 Å². The van der Waals surface area contributed by atoms with E-state index < -0.39 is 0 Å². The number of hydrogen-bond acceptors (Lipinski definition) is 3. The van der Waals surface area contributed by atoms with E-state index in [1.807, 2.05) is 23.5 Å². The molecular formula is C14H18BrNOS. The molecule has 0 aliphatic rings. The number of nitrogens with one attached hydrogen (secondary N) is 1. The van der Waals surface area contributed by atoms with Gasteiger partial charge in [-0.15, -0.1) is 11.3 Å². The molecule has 2 heterocycles. The fourth-order valence-corrected chi connectivity index (χ4v) is 3.30. The van der Waals surface area contributed by atoms with Crippen LogP contribution in [0.3, 0.4) is 0 Å². The van der Waals surface area contributed by atoms with Gasteiger partial charge in [-0.3, -0.25) is 0 Å². The number of hydrogen-bond donors (Lipinski definition) is 1. The highest BCUT2D eigenvalue weighted by molar-refractivity contribution is 9.10. The molecule has 18 heavy (non-hydrogen) atoms. The second kappa shape index (κ2) is 6.04. The molecule has 0 aliphatic heterocycles. The van der Waals surface area contributed by atoms with Crippen molar-refractivity contribution < 1.29 is 4.42 Å². The molecule has 2 rings (SSSR count). The molecular weight excluding hydrogens is 310 g/mol. The Hall–Kier alpha value is -0.580. The van der Waals surface area contributed by atoms with E-state index in [1.54, 1.807) is 0 Å². The van der Waals surface area contributed by atoms with Crippen LogP contribution in [0.15, 0.2) is 27.3 Å². The van der Waals surface area contributed by atoms with Gasteiger partial charge >= 0.3 is 0 Å². The van der Waals surface area contributed by atoms with Crippen LogP contribution >= 0.6 is 27.3 Å². The van der Waals surface area contributed by atoms with Gasteiger partial charge in [0.25, 0.3) is 0 Å². The molecule has 0 aromatic carbocycles. The predicted molar refractivity (Wildman–Crippen MR) is 80.3 cm³/mol. The summed E-state index contributed by atoms with van der Waals surface area (Å²) in [7, 11) is 0. The molecule has 2 aromatic rings. The SMILES string of the molecule is CCCNC(c1ccc(Br)o1)c1cc(C)c(C)s1. The third-order valence-corrected chi connectivity index (χ3v) is 4.59. The fourth-order valence-electron chi connectivity index (χ4n) is 1.86. The third kappa shape index (κ3) is 3.05. The summed E-state index contributed by atoms with van der Waals surface area (Å²) in [6.45, 7) is 7.48. The zero-order chi connectivity index (χ0) is 13.1. The molecule has 0 saturated heterocycles. The Bertz CT molecular complexity index is 498. The molecule has 0 fully saturated rings. The summed E-state index contributed by atoms with van der Waals surface area (Å²) in [6.07, 6.45) is 1.11. The maximum atomic E-state index is 5.71. The summed E-state index contributed by atoms with van der Waals surface area (Å²) in [6, 6.07) is 6.39. The van der Waals surface area contributed by atoms with E-state index in [0.717, 1.165) is 23.4 Å². The lowest BCUT2D eigenvalue weighted by molar-refractivity contribution is 0.436. The third-order valence-electron chi connectivity index (χ3n) is 2.95. The Morgan fingerprint density at radius 3 is 2.67 bits per heavy atom. The van der Waals surface area contributed by atoms with E-state index in [4.69, 9.17) is 4.42 Å². The van der Waals surface area contributed by atoms with Crippen molar-refractivity contribution in [2.75, 3.05) is 6.54 Å². The standard InChI is InChI=1S/C14H18BrNOS/c1-4-7-16-14(11-5-6-13(15)17-11)12-8-9(2)10(3)18-12/h5-6,8,14,16H,4,7H2,1-3H3. The van der Waals surface area contributed by atoms with Gasteiger partial charge < -0.3 is 9.73 Å². The van der Waals surface area contributed by atoms with Gasteiger partial charge in [0.15, 0.2) is 4.67 Å². The van der Waals surface area contributed by atoms with Crippen LogP contribution < -0.4 is 5.32 Å². The largest absolute Gasteiger partial charge is 0.452 e. The van der Waals surface area contributed by atoms with Crippen molar-refractivity contribution in [3.8, 4) is 0 Å². The lowest BCUT2D eigenvalue weighted by Gasteiger charge is -2.14. The number of thiophene rings is 1. The molecule has 0 amide bonds. The first-order valence-electron chi connectivity index (χ1n) is 6.17. The Morgan fingerprint density at radius 1 is 1.39 bits per heavy atom. The summed E-state index contributed by atoms with van der Waals surface area (Å²) in [5, 5.41) is 3.55. The van der Waals surface area contributed by atoms with Crippen LogP contribution in [0, 0.1) is 13.8 Å². The second-order valence-corrected chi connectivity index (χ2v) is 6.49. The Kier molecular flexibility index (Phi) is 4.65. The molecule has 1 unspecified atom stereocenters. The quantitative estimate of drug-likeness (QED) is 0.852. The van der Waals surface area contributed by atoms with Gasteiger partial charge in [0.1, 0.15) is 11.8 Å². The molecule has 0 bridgehead atoms. The van der Waals surface area contributed by atoms with E-state index in [2.05, 4.69) is 48.1 Å². The smallest absolute Gasteiger partial charge is 0.169 e. The summed E-state index contributed by atoms with van der Waals surface area (Å²) >= 11 is 5.21. The van der Waals surface area contributed by atoms with Gasteiger partial charge in [-0.05, 0) is 66.5 Å². The first kappa shape index (κ1) is 13.8. The summed E-state index contributed by atoms with van der Waals surface area (Å²) in [4.78, 5) is 2.69. The van der Waals surface area contributed by atoms with E-state index in [1.165, 1.54) is 15.3 Å². The van der Waals surface area contributed by atoms with Gasteiger partial charge in [0, 0.05) is 9.75 Å². The number of halogens is 1. The predicted octanol–water partition coefficient (Wildman–Crippen LogP) is 4.81. The van der Waals surface area contributed by atoms with Crippen molar-refractivity contribution in [1.82, 2.24) is 5.32 Å². The summed E-state index contributed by atoms with van der Waals surface area (Å²) in [5.41, 5.74) is 1.35. The van der Waals surface area contributed by atoms with Crippen molar-refractivity contribution in [3.63, 3.8) is 0 Å². The zero-order valence-electron chi connectivity index (χ0n) is 10.9. The van der Waals surface area contributed by atoms with Crippen LogP contribution in [-0.2, 0) is 0 Å². The second-order valence-electron chi connectivity index (χ2n) is 4.42. The topological polar surface area (TPSA) is 25.2 Å². The van der Waals surface area contributed by atoms with Crippen molar-refractivity contribution >= 4 is 27.3 Å². The molecule has 2 nitrogen and oxygen atoms in total. The van der Waals surface area contributed by atoms with Crippen LogP contribution in [-0.4, -0.2) is 6.54 Å². The van der Waals surface area contributed by atoms with E-state index >= 15 is 0 Å². The highest BCUT2D eigenvalue weighted by atomic mass is 79.9. The fraction of sp³-hybridized carbons (Fsp3) is 0.429. The monoisotopic (exact) mass is 327 g/mol. The average Bonchev–Trinajstić information content (AvgIpc) is 2.88. The summed E-state index contributed by atoms with van der Waals surface area (Å²) in [5.74, 6) is 0.969. The molecule has 98 valence electrons. The Balaban J connectivity index is 2.30. The normalized spacial score (nSPS) is 12.9. The minimum absolute atomic E-state index is 0.161. The molecule has 1 N–H and O–H groups in total. The number of rotatable bonds is 5. The average molecular weight is 328 g/mol. The van der Waals surface area contributed by atoms with Crippen molar-refractivity contribution in [2.24, 2.45) is 0 Å². The van der Waals surface area contributed by atoms with Crippen LogP contribution in [0.1, 0.15) is 40.5 Å². The lowest BCUT2D eigenvalue weighted by atomic mass is 10.1. The molecule has 1 atom stereocenters. The van der Waals surface area contributed by atoms with Gasteiger partial charge in [-0.2, -0.15) is 0 Å². The molecule has 0 spiro atoms. The maximum absolute atomic E-state index is 5.71. The molecule has 0 saturated carbocycles. The highest BCUT2D eigenvalue weighted by Crippen LogP contribution is 2.32. The van der Waals surface area contributed by atoms with E-state index in [0.29, 0.717) is 0 Å². The first-order valence-corrected chi connectivity index (χ1v) is 7.78. The van der Waals surface area contributed by atoms with Crippen molar-refractivity contribution in [3.05, 3.63) is 43.9 Å². The number of aryl methyl sites for hydroxylation is 2. The van der Waals surface area contributed by atoms with E-state index in [-0.39, 0.29) is 6.04 Å². The number of furan rings is 1.